The van der Waals surface area contributed by atoms with E-state index in [2.05, 4.69) is 15.7 Å². The van der Waals surface area contributed by atoms with Gasteiger partial charge in [0.1, 0.15) is 17.6 Å². The number of hydrogen-bond donors (Lipinski definition) is 2. The van der Waals surface area contributed by atoms with E-state index in [1.54, 1.807) is 18.4 Å². The summed E-state index contributed by atoms with van der Waals surface area (Å²) >= 11 is 0. The fourth-order valence-electron chi connectivity index (χ4n) is 2.79. The van der Waals surface area contributed by atoms with Crippen molar-refractivity contribution in [2.45, 2.75) is 26.4 Å². The molecule has 0 unspecified atom stereocenters. The van der Waals surface area contributed by atoms with E-state index in [1.807, 2.05) is 36.7 Å². The summed E-state index contributed by atoms with van der Waals surface area (Å²) in [4.78, 5) is 12.1. The van der Waals surface area contributed by atoms with Crippen LogP contribution in [0.1, 0.15) is 28.8 Å². The number of halogens is 1. The molecule has 0 radical (unpaired) electrons. The second-order valence-electron chi connectivity index (χ2n) is 6.09. The summed E-state index contributed by atoms with van der Waals surface area (Å²) in [5, 5.41) is 10.1. The topological polar surface area (TPSA) is 72.1 Å². The van der Waals surface area contributed by atoms with Crippen LogP contribution in [0.15, 0.2) is 53.1 Å². The lowest BCUT2D eigenvalue weighted by atomic mass is 10.2. The Labute approximate surface area is 151 Å². The van der Waals surface area contributed by atoms with Crippen molar-refractivity contribution in [1.82, 2.24) is 20.4 Å². The van der Waals surface area contributed by atoms with Crippen LogP contribution in [-0.4, -0.2) is 22.4 Å². The highest BCUT2D eigenvalue weighted by Crippen LogP contribution is 2.20. The van der Waals surface area contributed by atoms with Gasteiger partial charge in [-0.3, -0.25) is 4.68 Å². The molecule has 2 amide bonds. The van der Waals surface area contributed by atoms with Gasteiger partial charge in [-0.1, -0.05) is 12.1 Å². The van der Waals surface area contributed by atoms with Crippen LogP contribution in [0, 0.1) is 19.7 Å². The fraction of sp³-hybridized carbons (Fsp3) is 0.263. The zero-order chi connectivity index (χ0) is 18.5. The first-order chi connectivity index (χ1) is 12.5. The summed E-state index contributed by atoms with van der Waals surface area (Å²) in [6.07, 6.45) is 1.60. The maximum Gasteiger partial charge on any atom is 0.315 e. The summed E-state index contributed by atoms with van der Waals surface area (Å²) in [5.74, 6) is 0.416. The average Bonchev–Trinajstić information content (AvgIpc) is 3.25. The second kappa shape index (κ2) is 7.86. The van der Waals surface area contributed by atoms with E-state index in [0.717, 1.165) is 22.7 Å². The number of carbonyl (C=O) groups excluding carboxylic acids is 1. The zero-order valence-corrected chi connectivity index (χ0v) is 14.7. The smallest absolute Gasteiger partial charge is 0.315 e. The molecule has 2 heterocycles. The van der Waals surface area contributed by atoms with Gasteiger partial charge >= 0.3 is 6.03 Å². The first-order valence-corrected chi connectivity index (χ1v) is 8.35. The van der Waals surface area contributed by atoms with Gasteiger partial charge in [-0.2, -0.15) is 5.10 Å². The molecule has 0 bridgehead atoms. The minimum atomic E-state index is -0.313. The van der Waals surface area contributed by atoms with Crippen LogP contribution in [0.5, 0.6) is 0 Å². The van der Waals surface area contributed by atoms with Gasteiger partial charge in [0.2, 0.25) is 0 Å². The van der Waals surface area contributed by atoms with E-state index in [1.165, 1.54) is 12.1 Å². The lowest BCUT2D eigenvalue weighted by molar-refractivity contribution is 0.238. The Kier molecular flexibility index (Phi) is 5.36. The summed E-state index contributed by atoms with van der Waals surface area (Å²) in [6, 6.07) is 11.1. The summed E-state index contributed by atoms with van der Waals surface area (Å²) < 4.78 is 20.3. The molecule has 2 aromatic heterocycles. The molecule has 3 aromatic rings. The normalized spacial score (nSPS) is 12.0. The van der Waals surface area contributed by atoms with E-state index in [0.29, 0.717) is 13.1 Å². The summed E-state index contributed by atoms with van der Waals surface area (Å²) in [6.45, 7) is 4.53. The molecule has 7 heteroatoms. The molecule has 136 valence electrons. The first kappa shape index (κ1) is 17.7. The van der Waals surface area contributed by atoms with Crippen molar-refractivity contribution < 1.29 is 13.6 Å². The number of rotatable bonds is 6. The average molecular weight is 356 g/mol. The fourth-order valence-corrected chi connectivity index (χ4v) is 2.79. The van der Waals surface area contributed by atoms with Crippen LogP contribution in [-0.2, 0) is 6.54 Å². The second-order valence-corrected chi connectivity index (χ2v) is 6.09. The maximum atomic E-state index is 12.9. The molecule has 0 aliphatic heterocycles. The molecule has 0 aliphatic rings. The van der Waals surface area contributed by atoms with Crippen LogP contribution in [0.2, 0.25) is 0 Å². The van der Waals surface area contributed by atoms with Gasteiger partial charge in [0.25, 0.3) is 0 Å². The minimum absolute atomic E-state index is 0.240. The van der Waals surface area contributed by atoms with Gasteiger partial charge in [0.05, 0.1) is 12.0 Å². The van der Waals surface area contributed by atoms with Gasteiger partial charge in [-0.05, 0) is 49.7 Å². The van der Waals surface area contributed by atoms with E-state index in [4.69, 9.17) is 4.42 Å². The third-order valence-corrected chi connectivity index (χ3v) is 4.03. The number of aromatic nitrogens is 2. The van der Waals surface area contributed by atoms with Crippen molar-refractivity contribution in [2.24, 2.45) is 0 Å². The van der Waals surface area contributed by atoms with Crippen molar-refractivity contribution in [2.75, 3.05) is 6.54 Å². The zero-order valence-electron chi connectivity index (χ0n) is 14.7. The molecule has 26 heavy (non-hydrogen) atoms. The molecule has 0 aliphatic carbocycles. The van der Waals surface area contributed by atoms with Crippen LogP contribution >= 0.6 is 0 Å². The molecule has 0 saturated heterocycles. The monoisotopic (exact) mass is 356 g/mol. The number of nitrogens with one attached hydrogen (secondary N) is 2. The first-order valence-electron chi connectivity index (χ1n) is 8.35. The molecule has 3 rings (SSSR count). The highest BCUT2D eigenvalue weighted by atomic mass is 19.1. The van der Waals surface area contributed by atoms with Crippen molar-refractivity contribution in [1.29, 1.82) is 0 Å². The van der Waals surface area contributed by atoms with Crippen LogP contribution in [0.3, 0.4) is 0 Å². The number of benzene rings is 1. The molecular formula is C19H21FN4O2. The van der Waals surface area contributed by atoms with Crippen molar-refractivity contribution in [3.05, 3.63) is 77.3 Å². The van der Waals surface area contributed by atoms with Gasteiger partial charge in [0.15, 0.2) is 0 Å². The van der Waals surface area contributed by atoms with Crippen LogP contribution in [0.25, 0.3) is 0 Å². The number of furan rings is 1. The van der Waals surface area contributed by atoms with E-state index in [9.17, 15) is 9.18 Å². The predicted molar refractivity (Wildman–Crippen MR) is 95.2 cm³/mol. The third-order valence-electron chi connectivity index (χ3n) is 4.03. The van der Waals surface area contributed by atoms with E-state index >= 15 is 0 Å². The van der Waals surface area contributed by atoms with Crippen molar-refractivity contribution >= 4 is 6.03 Å². The Morgan fingerprint density at radius 1 is 1.23 bits per heavy atom. The number of hydrogen-bond acceptors (Lipinski definition) is 3. The largest absolute Gasteiger partial charge is 0.467 e. The van der Waals surface area contributed by atoms with Gasteiger partial charge in [-0.15, -0.1) is 0 Å². The van der Waals surface area contributed by atoms with Crippen molar-refractivity contribution in [3.8, 4) is 0 Å². The van der Waals surface area contributed by atoms with E-state index in [-0.39, 0.29) is 17.9 Å². The number of carbonyl (C=O) groups is 1. The quantitative estimate of drug-likeness (QED) is 0.712. The Hall–Kier alpha value is -3.09. The SMILES string of the molecule is Cc1cc(C)n([C@@H](CNC(=O)NCc2ccc(F)cc2)c2ccco2)n1. The number of amides is 2. The highest BCUT2D eigenvalue weighted by Gasteiger charge is 2.20. The maximum absolute atomic E-state index is 12.9. The van der Waals surface area contributed by atoms with Crippen molar-refractivity contribution in [3.63, 3.8) is 0 Å². The molecule has 0 saturated carbocycles. The Balaban J connectivity index is 1.61. The Morgan fingerprint density at radius 3 is 2.62 bits per heavy atom. The molecular weight excluding hydrogens is 335 g/mol. The Bertz CT molecular complexity index is 856. The number of nitrogens with zero attached hydrogens (tertiary/aromatic N) is 2. The highest BCUT2D eigenvalue weighted by molar-refractivity contribution is 5.73. The summed E-state index contributed by atoms with van der Waals surface area (Å²) in [7, 11) is 0. The van der Waals surface area contributed by atoms with Gasteiger partial charge < -0.3 is 15.1 Å². The molecule has 2 N–H and O–H groups in total. The van der Waals surface area contributed by atoms with Gasteiger partial charge in [0, 0.05) is 18.8 Å². The Morgan fingerprint density at radius 2 is 2.00 bits per heavy atom. The lowest BCUT2D eigenvalue weighted by Gasteiger charge is -2.18. The minimum Gasteiger partial charge on any atom is -0.467 e. The van der Waals surface area contributed by atoms with E-state index < -0.39 is 0 Å². The molecule has 6 nitrogen and oxygen atoms in total. The lowest BCUT2D eigenvalue weighted by Crippen LogP contribution is -2.39. The number of urea groups is 1. The molecule has 0 spiro atoms. The van der Waals surface area contributed by atoms with Crippen LogP contribution in [0.4, 0.5) is 9.18 Å². The predicted octanol–water partition coefficient (Wildman–Crippen LogP) is 3.32. The molecule has 1 aromatic carbocycles. The standard InChI is InChI=1S/C19H21FN4O2/c1-13-10-14(2)24(23-13)17(18-4-3-9-26-18)12-22-19(25)21-11-15-5-7-16(20)8-6-15/h3-10,17H,11-12H2,1-2H3,(H2,21,22,25)/t17-/m0/s1. The molecule has 1 atom stereocenters. The molecule has 0 fully saturated rings. The van der Waals surface area contributed by atoms with Crippen LogP contribution < -0.4 is 10.6 Å². The number of aryl methyl sites for hydroxylation is 2. The third kappa shape index (κ3) is 4.30. The summed E-state index contributed by atoms with van der Waals surface area (Å²) in [5.41, 5.74) is 2.71. The van der Waals surface area contributed by atoms with Gasteiger partial charge in [-0.25, -0.2) is 9.18 Å².